The molecular weight excluding hydrogens is 428 g/mol. The minimum Gasteiger partial charge on any atom is -0.352 e. The van der Waals surface area contributed by atoms with Crippen molar-refractivity contribution >= 4 is 27.5 Å². The van der Waals surface area contributed by atoms with Crippen molar-refractivity contribution in [1.82, 2.24) is 20.3 Å². The van der Waals surface area contributed by atoms with Crippen molar-refractivity contribution in [3.63, 3.8) is 0 Å². The van der Waals surface area contributed by atoms with Crippen LogP contribution in [-0.2, 0) is 12.8 Å². The van der Waals surface area contributed by atoms with Crippen LogP contribution in [0.2, 0.25) is 0 Å². The summed E-state index contributed by atoms with van der Waals surface area (Å²) in [5.41, 5.74) is 6.87. The molecule has 0 bridgehead atoms. The van der Waals surface area contributed by atoms with Crippen LogP contribution in [0.4, 0.5) is 0 Å². The van der Waals surface area contributed by atoms with Gasteiger partial charge in [0.1, 0.15) is 5.82 Å². The van der Waals surface area contributed by atoms with Gasteiger partial charge in [0.15, 0.2) is 0 Å². The molecule has 0 unspecified atom stereocenters. The van der Waals surface area contributed by atoms with Gasteiger partial charge in [0.2, 0.25) is 0 Å². The summed E-state index contributed by atoms with van der Waals surface area (Å²) in [4.78, 5) is 26.3. The second-order valence-corrected chi connectivity index (χ2v) is 9.77. The van der Waals surface area contributed by atoms with Gasteiger partial charge in [-0.25, -0.2) is 15.0 Å². The smallest absolute Gasteiger partial charge is 0.251 e. The number of nitrogens with one attached hydrogen (secondary N) is 1. The van der Waals surface area contributed by atoms with Gasteiger partial charge < -0.3 is 5.32 Å². The van der Waals surface area contributed by atoms with Crippen molar-refractivity contribution in [2.75, 3.05) is 6.54 Å². The minimum absolute atomic E-state index is 0.00977. The van der Waals surface area contributed by atoms with Crippen LogP contribution in [0.15, 0.2) is 60.2 Å². The van der Waals surface area contributed by atoms with Crippen LogP contribution in [0.3, 0.4) is 0 Å². The number of rotatable bonds is 7. The molecule has 2 aromatic carbocycles. The normalized spacial score (nSPS) is 14.4. The first-order valence-electron chi connectivity index (χ1n) is 11.7. The van der Waals surface area contributed by atoms with Gasteiger partial charge in [-0.3, -0.25) is 4.79 Å². The standard InChI is InChI=1S/C27H28N4OS/c32-27(29-17-19-5-2-1-3-6-19)22-8-4-7-20(13-22)16-26-28-12-11-23(31-26)14-21-9-10-24-25(15-21)33-18-30-24/h4,7-13,15,18-19H,1-3,5-6,14,16-17H2,(H,29,32). The highest BCUT2D eigenvalue weighted by atomic mass is 32.1. The Balaban J connectivity index is 1.23. The van der Waals surface area contributed by atoms with E-state index in [1.807, 2.05) is 42.0 Å². The molecule has 2 aromatic heterocycles. The van der Waals surface area contributed by atoms with Crippen LogP contribution in [0.1, 0.15) is 65.1 Å². The lowest BCUT2D eigenvalue weighted by Gasteiger charge is -2.21. The Morgan fingerprint density at radius 1 is 0.970 bits per heavy atom. The van der Waals surface area contributed by atoms with Crippen LogP contribution in [0.25, 0.3) is 10.2 Å². The summed E-state index contributed by atoms with van der Waals surface area (Å²) in [5, 5.41) is 3.13. The van der Waals surface area contributed by atoms with Crippen molar-refractivity contribution in [3.8, 4) is 0 Å². The molecule has 2 heterocycles. The molecule has 1 amide bonds. The number of hydrogen-bond donors (Lipinski definition) is 1. The molecule has 1 N–H and O–H groups in total. The zero-order chi connectivity index (χ0) is 22.5. The second kappa shape index (κ2) is 10.2. The van der Waals surface area contributed by atoms with Crippen LogP contribution < -0.4 is 5.32 Å². The summed E-state index contributed by atoms with van der Waals surface area (Å²) in [6.07, 6.45) is 9.54. The average molecular weight is 457 g/mol. The third-order valence-corrected chi connectivity index (χ3v) is 7.16. The van der Waals surface area contributed by atoms with Gasteiger partial charge in [0.25, 0.3) is 5.91 Å². The van der Waals surface area contributed by atoms with Crippen molar-refractivity contribution in [2.24, 2.45) is 5.92 Å². The van der Waals surface area contributed by atoms with E-state index in [2.05, 4.69) is 33.5 Å². The van der Waals surface area contributed by atoms with Crippen LogP contribution in [-0.4, -0.2) is 27.4 Å². The lowest BCUT2D eigenvalue weighted by molar-refractivity contribution is 0.0943. The maximum atomic E-state index is 12.7. The molecule has 0 aliphatic heterocycles. The Hall–Kier alpha value is -3.12. The van der Waals surface area contributed by atoms with Gasteiger partial charge >= 0.3 is 0 Å². The third kappa shape index (κ3) is 5.63. The fourth-order valence-electron chi connectivity index (χ4n) is 4.58. The molecule has 0 atom stereocenters. The van der Waals surface area contributed by atoms with Gasteiger partial charge in [-0.2, -0.15) is 0 Å². The predicted molar refractivity (Wildman–Crippen MR) is 133 cm³/mol. The van der Waals surface area contributed by atoms with E-state index in [1.165, 1.54) is 42.4 Å². The molecule has 33 heavy (non-hydrogen) atoms. The maximum Gasteiger partial charge on any atom is 0.251 e. The van der Waals surface area contributed by atoms with Gasteiger partial charge in [0, 0.05) is 36.8 Å². The lowest BCUT2D eigenvalue weighted by atomic mass is 9.89. The van der Waals surface area contributed by atoms with Crippen LogP contribution in [0, 0.1) is 5.92 Å². The molecule has 4 aromatic rings. The molecule has 1 saturated carbocycles. The fraction of sp³-hybridized carbons (Fsp3) is 0.333. The first kappa shape index (κ1) is 21.7. The highest BCUT2D eigenvalue weighted by Crippen LogP contribution is 2.23. The van der Waals surface area contributed by atoms with E-state index in [0.717, 1.165) is 35.6 Å². The Bertz CT molecular complexity index is 1250. The Morgan fingerprint density at radius 3 is 2.76 bits per heavy atom. The van der Waals surface area contributed by atoms with Gasteiger partial charge in [-0.05, 0) is 60.2 Å². The number of thiazole rings is 1. The minimum atomic E-state index is 0.00977. The predicted octanol–water partition coefficient (Wildman–Crippen LogP) is 5.58. The highest BCUT2D eigenvalue weighted by molar-refractivity contribution is 7.16. The Morgan fingerprint density at radius 2 is 1.85 bits per heavy atom. The Kier molecular flexibility index (Phi) is 6.72. The molecule has 1 aliphatic carbocycles. The van der Waals surface area contributed by atoms with E-state index in [4.69, 9.17) is 4.98 Å². The van der Waals surface area contributed by atoms with E-state index in [-0.39, 0.29) is 5.91 Å². The fourth-order valence-corrected chi connectivity index (χ4v) is 5.32. The monoisotopic (exact) mass is 456 g/mol. The number of fused-ring (bicyclic) bond motifs is 1. The van der Waals surface area contributed by atoms with Gasteiger partial charge in [-0.1, -0.05) is 37.5 Å². The Labute approximate surface area is 198 Å². The highest BCUT2D eigenvalue weighted by Gasteiger charge is 2.15. The molecule has 0 saturated heterocycles. The molecular formula is C27H28N4OS. The molecule has 0 radical (unpaired) electrons. The van der Waals surface area contributed by atoms with Crippen LogP contribution in [0.5, 0.6) is 0 Å². The lowest BCUT2D eigenvalue weighted by Crippen LogP contribution is -2.30. The molecule has 5 rings (SSSR count). The zero-order valence-electron chi connectivity index (χ0n) is 18.7. The third-order valence-electron chi connectivity index (χ3n) is 6.37. The average Bonchev–Trinajstić information content (AvgIpc) is 3.32. The van der Waals surface area contributed by atoms with Crippen molar-refractivity contribution < 1.29 is 4.79 Å². The molecule has 1 aliphatic rings. The van der Waals surface area contributed by atoms with E-state index in [0.29, 0.717) is 17.9 Å². The molecule has 1 fully saturated rings. The van der Waals surface area contributed by atoms with E-state index in [1.54, 1.807) is 11.3 Å². The number of hydrogen-bond acceptors (Lipinski definition) is 5. The quantitative estimate of drug-likeness (QED) is 0.394. The second-order valence-electron chi connectivity index (χ2n) is 8.89. The van der Waals surface area contributed by atoms with Gasteiger partial charge in [-0.15, -0.1) is 11.3 Å². The maximum absolute atomic E-state index is 12.7. The van der Waals surface area contributed by atoms with Gasteiger partial charge in [0.05, 0.1) is 15.7 Å². The molecule has 6 heteroatoms. The topological polar surface area (TPSA) is 67.8 Å². The number of aromatic nitrogens is 3. The summed E-state index contributed by atoms with van der Waals surface area (Å²) in [6, 6.07) is 16.1. The summed E-state index contributed by atoms with van der Waals surface area (Å²) < 4.78 is 1.19. The number of carbonyl (C=O) groups is 1. The molecule has 168 valence electrons. The van der Waals surface area contributed by atoms with E-state index >= 15 is 0 Å². The summed E-state index contributed by atoms with van der Waals surface area (Å²) >= 11 is 1.66. The number of benzene rings is 2. The zero-order valence-corrected chi connectivity index (χ0v) is 19.5. The summed E-state index contributed by atoms with van der Waals surface area (Å²) in [7, 11) is 0. The number of carbonyl (C=O) groups excluding carboxylic acids is 1. The molecule has 5 nitrogen and oxygen atoms in total. The first-order chi connectivity index (χ1) is 16.2. The largest absolute Gasteiger partial charge is 0.352 e. The van der Waals surface area contributed by atoms with E-state index < -0.39 is 0 Å². The first-order valence-corrected chi connectivity index (χ1v) is 12.6. The number of nitrogens with zero attached hydrogens (tertiary/aromatic N) is 3. The number of amides is 1. The SMILES string of the molecule is O=C(NCC1CCCCC1)c1cccc(Cc2nccc(Cc3ccc4ncsc4c3)n2)c1. The molecule has 0 spiro atoms. The van der Waals surface area contributed by atoms with Crippen molar-refractivity contribution in [2.45, 2.75) is 44.9 Å². The van der Waals surface area contributed by atoms with E-state index in [9.17, 15) is 4.79 Å². The summed E-state index contributed by atoms with van der Waals surface area (Å²) in [5.74, 6) is 1.40. The van der Waals surface area contributed by atoms with Crippen molar-refractivity contribution in [1.29, 1.82) is 0 Å². The summed E-state index contributed by atoms with van der Waals surface area (Å²) in [6.45, 7) is 0.779. The van der Waals surface area contributed by atoms with Crippen LogP contribution >= 0.6 is 11.3 Å². The van der Waals surface area contributed by atoms with Crippen molar-refractivity contribution in [3.05, 3.63) is 88.4 Å².